The lowest BCUT2D eigenvalue weighted by Gasteiger charge is -2.21. The van der Waals surface area contributed by atoms with Crippen molar-refractivity contribution in [3.05, 3.63) is 54.1 Å². The highest BCUT2D eigenvalue weighted by molar-refractivity contribution is 5.77. The van der Waals surface area contributed by atoms with Gasteiger partial charge in [-0.25, -0.2) is 0 Å². The summed E-state index contributed by atoms with van der Waals surface area (Å²) in [5, 5.41) is 0. The first-order chi connectivity index (χ1) is 12.2. The van der Waals surface area contributed by atoms with Crippen LogP contribution < -0.4 is 14.2 Å². The normalized spacial score (nSPS) is 10.2. The molecule has 0 fully saturated rings. The lowest BCUT2D eigenvalue weighted by molar-refractivity contribution is -0.133. The van der Waals surface area contributed by atoms with E-state index in [0.717, 1.165) is 17.1 Å². The summed E-state index contributed by atoms with van der Waals surface area (Å²) in [5.41, 5.74) is 1.05. The van der Waals surface area contributed by atoms with Crippen LogP contribution in [-0.2, 0) is 11.3 Å². The number of hydrogen-bond acceptors (Lipinski definition) is 4. The Kier molecular flexibility index (Phi) is 7.14. The number of likely N-dealkylation sites (N-methyl/N-ethyl adjacent to an activating group) is 1. The lowest BCUT2D eigenvalue weighted by Crippen LogP contribution is -2.34. The van der Waals surface area contributed by atoms with Crippen molar-refractivity contribution in [2.75, 3.05) is 26.9 Å². The zero-order valence-electron chi connectivity index (χ0n) is 15.0. The molecule has 5 heteroatoms. The van der Waals surface area contributed by atoms with Crippen molar-refractivity contribution >= 4 is 5.91 Å². The van der Waals surface area contributed by atoms with Crippen molar-refractivity contribution < 1.29 is 19.0 Å². The van der Waals surface area contributed by atoms with Crippen LogP contribution in [0.3, 0.4) is 0 Å². The topological polar surface area (TPSA) is 48.0 Å². The summed E-state index contributed by atoms with van der Waals surface area (Å²) >= 11 is 0. The summed E-state index contributed by atoms with van der Waals surface area (Å²) in [4.78, 5) is 14.2. The molecule has 25 heavy (non-hydrogen) atoms. The van der Waals surface area contributed by atoms with Crippen LogP contribution in [0.5, 0.6) is 17.2 Å². The zero-order chi connectivity index (χ0) is 18.1. The number of carbonyl (C=O) groups is 1. The van der Waals surface area contributed by atoms with Gasteiger partial charge in [0.25, 0.3) is 5.91 Å². The van der Waals surface area contributed by atoms with E-state index in [4.69, 9.17) is 14.2 Å². The molecule has 2 aromatic carbocycles. The van der Waals surface area contributed by atoms with Gasteiger partial charge in [-0.1, -0.05) is 12.1 Å². The van der Waals surface area contributed by atoms with Crippen LogP contribution in [0.15, 0.2) is 48.5 Å². The molecular formula is C20H25NO4. The van der Waals surface area contributed by atoms with Gasteiger partial charge in [0, 0.05) is 13.1 Å². The molecule has 2 rings (SSSR count). The molecule has 0 bridgehead atoms. The van der Waals surface area contributed by atoms with E-state index >= 15 is 0 Å². The van der Waals surface area contributed by atoms with E-state index in [1.807, 2.05) is 50.2 Å². The van der Waals surface area contributed by atoms with Gasteiger partial charge in [-0.15, -0.1) is 0 Å². The first kappa shape index (κ1) is 18.6. The maximum Gasteiger partial charge on any atom is 0.260 e. The van der Waals surface area contributed by atoms with Gasteiger partial charge in [0.05, 0.1) is 13.7 Å². The molecule has 0 saturated carbocycles. The molecule has 0 aromatic heterocycles. The fourth-order valence-electron chi connectivity index (χ4n) is 2.36. The molecule has 134 valence electrons. The third-order valence-corrected chi connectivity index (χ3v) is 3.76. The van der Waals surface area contributed by atoms with Crippen molar-refractivity contribution in [3.8, 4) is 17.2 Å². The van der Waals surface area contributed by atoms with E-state index in [2.05, 4.69) is 0 Å². The molecule has 0 radical (unpaired) electrons. The van der Waals surface area contributed by atoms with Crippen LogP contribution in [0.2, 0.25) is 0 Å². The SMILES string of the molecule is CCOc1ccc(OCC(=O)N(CC)Cc2ccc(OC)cc2)cc1. The van der Waals surface area contributed by atoms with Gasteiger partial charge in [0.1, 0.15) is 17.2 Å². The Bertz CT molecular complexity index is 652. The summed E-state index contributed by atoms with van der Waals surface area (Å²) in [6, 6.07) is 15.0. The van der Waals surface area contributed by atoms with Gasteiger partial charge in [0.15, 0.2) is 6.61 Å². The zero-order valence-corrected chi connectivity index (χ0v) is 15.0. The van der Waals surface area contributed by atoms with Gasteiger partial charge in [0.2, 0.25) is 0 Å². The van der Waals surface area contributed by atoms with Crippen LogP contribution in [0.25, 0.3) is 0 Å². The Labute approximate surface area is 149 Å². The molecular weight excluding hydrogens is 318 g/mol. The van der Waals surface area contributed by atoms with Crippen LogP contribution in [-0.4, -0.2) is 37.7 Å². The molecule has 0 saturated heterocycles. The number of hydrogen-bond donors (Lipinski definition) is 0. The molecule has 0 unspecified atom stereocenters. The maximum atomic E-state index is 12.4. The second-order valence-corrected chi connectivity index (χ2v) is 5.45. The van der Waals surface area contributed by atoms with Crippen LogP contribution in [0.1, 0.15) is 19.4 Å². The number of amides is 1. The fourth-order valence-corrected chi connectivity index (χ4v) is 2.36. The number of nitrogens with zero attached hydrogens (tertiary/aromatic N) is 1. The van der Waals surface area contributed by atoms with Crippen LogP contribution in [0.4, 0.5) is 0 Å². The molecule has 0 aliphatic carbocycles. The predicted octanol–water partition coefficient (Wildman–Crippen LogP) is 3.52. The second-order valence-electron chi connectivity index (χ2n) is 5.45. The second kappa shape index (κ2) is 9.57. The summed E-state index contributed by atoms with van der Waals surface area (Å²) in [5.74, 6) is 2.19. The smallest absolute Gasteiger partial charge is 0.260 e. The highest BCUT2D eigenvalue weighted by Gasteiger charge is 2.13. The molecule has 0 heterocycles. The molecule has 0 aliphatic heterocycles. The molecule has 5 nitrogen and oxygen atoms in total. The van der Waals surface area contributed by atoms with E-state index in [1.54, 1.807) is 24.1 Å². The van der Waals surface area contributed by atoms with E-state index in [-0.39, 0.29) is 12.5 Å². The van der Waals surface area contributed by atoms with E-state index in [1.165, 1.54) is 0 Å². The molecule has 0 spiro atoms. The van der Waals surface area contributed by atoms with Crippen molar-refractivity contribution in [1.29, 1.82) is 0 Å². The van der Waals surface area contributed by atoms with Gasteiger partial charge < -0.3 is 19.1 Å². The monoisotopic (exact) mass is 343 g/mol. The van der Waals surface area contributed by atoms with Crippen molar-refractivity contribution in [2.45, 2.75) is 20.4 Å². The molecule has 0 aliphatic rings. The Morgan fingerprint density at radius 1 is 0.880 bits per heavy atom. The number of rotatable bonds is 9. The predicted molar refractivity (Wildman–Crippen MR) is 97.2 cm³/mol. The maximum absolute atomic E-state index is 12.4. The first-order valence-corrected chi connectivity index (χ1v) is 8.42. The van der Waals surface area contributed by atoms with E-state index in [0.29, 0.717) is 25.4 Å². The number of ether oxygens (including phenoxy) is 3. The third-order valence-electron chi connectivity index (χ3n) is 3.76. The highest BCUT2D eigenvalue weighted by Crippen LogP contribution is 2.18. The average Bonchev–Trinajstić information content (AvgIpc) is 2.66. The van der Waals surface area contributed by atoms with Crippen molar-refractivity contribution in [2.24, 2.45) is 0 Å². The fraction of sp³-hybridized carbons (Fsp3) is 0.350. The number of carbonyl (C=O) groups excluding carboxylic acids is 1. The summed E-state index contributed by atoms with van der Waals surface area (Å²) < 4.78 is 16.1. The molecule has 2 aromatic rings. The first-order valence-electron chi connectivity index (χ1n) is 8.42. The molecule has 1 amide bonds. The highest BCUT2D eigenvalue weighted by atomic mass is 16.5. The molecule has 0 N–H and O–H groups in total. The minimum Gasteiger partial charge on any atom is -0.497 e. The third kappa shape index (κ3) is 5.71. The minimum absolute atomic E-state index is 0.0119. The minimum atomic E-state index is -0.0489. The van der Waals surface area contributed by atoms with Crippen LogP contribution in [0, 0.1) is 0 Å². The van der Waals surface area contributed by atoms with E-state index < -0.39 is 0 Å². The Hall–Kier alpha value is -2.69. The average molecular weight is 343 g/mol. The lowest BCUT2D eigenvalue weighted by atomic mass is 10.2. The van der Waals surface area contributed by atoms with Gasteiger partial charge >= 0.3 is 0 Å². The quantitative estimate of drug-likeness (QED) is 0.699. The van der Waals surface area contributed by atoms with Gasteiger partial charge in [-0.3, -0.25) is 4.79 Å². The van der Waals surface area contributed by atoms with Crippen LogP contribution >= 0.6 is 0 Å². The number of methoxy groups -OCH3 is 1. The Balaban J connectivity index is 1.88. The Morgan fingerprint density at radius 2 is 1.44 bits per heavy atom. The summed E-state index contributed by atoms with van der Waals surface area (Å²) in [6.45, 7) is 5.69. The summed E-state index contributed by atoms with van der Waals surface area (Å²) in [7, 11) is 1.63. The Morgan fingerprint density at radius 3 is 1.96 bits per heavy atom. The van der Waals surface area contributed by atoms with Crippen molar-refractivity contribution in [3.63, 3.8) is 0 Å². The largest absolute Gasteiger partial charge is 0.497 e. The molecule has 0 atom stereocenters. The van der Waals surface area contributed by atoms with Gasteiger partial charge in [-0.05, 0) is 55.8 Å². The van der Waals surface area contributed by atoms with E-state index in [9.17, 15) is 4.79 Å². The van der Waals surface area contributed by atoms with Gasteiger partial charge in [-0.2, -0.15) is 0 Å². The summed E-state index contributed by atoms with van der Waals surface area (Å²) in [6.07, 6.45) is 0. The number of benzene rings is 2. The van der Waals surface area contributed by atoms with Crippen molar-refractivity contribution in [1.82, 2.24) is 4.90 Å². The standard InChI is InChI=1S/C20H25NO4/c1-4-21(14-16-6-8-17(23-3)9-7-16)20(22)15-25-19-12-10-18(11-13-19)24-5-2/h6-13H,4-5,14-15H2,1-3H3.